The maximum absolute atomic E-state index is 11.7. The van der Waals surface area contributed by atoms with E-state index in [0.29, 0.717) is 11.7 Å². The molecule has 0 unspecified atom stereocenters. The minimum atomic E-state index is -0.305. The molecule has 0 radical (unpaired) electrons. The number of carbonyl (C=O) groups excluding carboxylic acids is 1. The maximum atomic E-state index is 11.7. The molecule has 0 bridgehead atoms. The standard InChI is InChI=1S/C14H17N3O2/c1-10(2)8-15-11-5-6-13(16-9-11)17-14(18)12-4-3-7-19-12/h3-7,9-10,15H,8H2,1-2H3,(H,16,17,18). The number of rotatable bonds is 5. The quantitative estimate of drug-likeness (QED) is 0.866. The van der Waals surface area contributed by atoms with Crippen LogP contribution in [0.2, 0.25) is 0 Å². The fraction of sp³-hybridized carbons (Fsp3) is 0.286. The molecule has 0 atom stereocenters. The summed E-state index contributed by atoms with van der Waals surface area (Å²) in [7, 11) is 0. The van der Waals surface area contributed by atoms with Crippen LogP contribution in [0, 0.1) is 5.92 Å². The van der Waals surface area contributed by atoms with Crippen LogP contribution in [0.3, 0.4) is 0 Å². The highest BCUT2D eigenvalue weighted by molar-refractivity contribution is 6.01. The van der Waals surface area contributed by atoms with E-state index in [-0.39, 0.29) is 11.7 Å². The van der Waals surface area contributed by atoms with E-state index < -0.39 is 0 Å². The smallest absolute Gasteiger partial charge is 0.292 e. The molecule has 2 N–H and O–H groups in total. The molecule has 5 nitrogen and oxygen atoms in total. The molecule has 0 aliphatic rings. The number of hydrogen-bond donors (Lipinski definition) is 2. The largest absolute Gasteiger partial charge is 0.459 e. The molecule has 0 saturated heterocycles. The number of nitrogens with one attached hydrogen (secondary N) is 2. The van der Waals surface area contributed by atoms with Gasteiger partial charge in [0, 0.05) is 6.54 Å². The maximum Gasteiger partial charge on any atom is 0.292 e. The molecule has 1 amide bonds. The van der Waals surface area contributed by atoms with Crippen LogP contribution in [-0.2, 0) is 0 Å². The van der Waals surface area contributed by atoms with E-state index in [1.54, 1.807) is 24.4 Å². The molecule has 0 aromatic carbocycles. The summed E-state index contributed by atoms with van der Waals surface area (Å²) in [5.41, 5.74) is 0.935. The van der Waals surface area contributed by atoms with Crippen LogP contribution in [-0.4, -0.2) is 17.4 Å². The van der Waals surface area contributed by atoms with Crippen molar-refractivity contribution in [3.63, 3.8) is 0 Å². The fourth-order valence-electron chi connectivity index (χ4n) is 1.48. The van der Waals surface area contributed by atoms with E-state index in [2.05, 4.69) is 29.5 Å². The second kappa shape index (κ2) is 6.04. The first-order chi connectivity index (χ1) is 9.15. The van der Waals surface area contributed by atoms with Crippen molar-refractivity contribution in [1.29, 1.82) is 0 Å². The lowest BCUT2D eigenvalue weighted by molar-refractivity contribution is 0.0996. The second-order valence-electron chi connectivity index (χ2n) is 4.64. The lowest BCUT2D eigenvalue weighted by atomic mass is 10.2. The first-order valence-electron chi connectivity index (χ1n) is 6.20. The van der Waals surface area contributed by atoms with Gasteiger partial charge in [0.05, 0.1) is 18.1 Å². The highest BCUT2D eigenvalue weighted by Gasteiger charge is 2.08. The summed E-state index contributed by atoms with van der Waals surface area (Å²) in [6.07, 6.45) is 3.15. The average molecular weight is 259 g/mol. The van der Waals surface area contributed by atoms with Crippen molar-refractivity contribution in [2.45, 2.75) is 13.8 Å². The summed E-state index contributed by atoms with van der Waals surface area (Å²) in [6, 6.07) is 6.91. The molecule has 2 aromatic rings. The van der Waals surface area contributed by atoms with Crippen LogP contribution < -0.4 is 10.6 Å². The third-order valence-corrected chi connectivity index (χ3v) is 2.46. The van der Waals surface area contributed by atoms with Gasteiger partial charge in [-0.2, -0.15) is 0 Å². The Morgan fingerprint density at radius 2 is 2.21 bits per heavy atom. The van der Waals surface area contributed by atoms with Gasteiger partial charge in [0.1, 0.15) is 5.82 Å². The molecule has 2 aromatic heterocycles. The minimum absolute atomic E-state index is 0.267. The lowest BCUT2D eigenvalue weighted by Gasteiger charge is -2.09. The van der Waals surface area contributed by atoms with Crippen molar-refractivity contribution >= 4 is 17.4 Å². The molecule has 0 spiro atoms. The number of anilines is 2. The summed E-state index contributed by atoms with van der Waals surface area (Å²) in [6.45, 7) is 5.16. The first-order valence-corrected chi connectivity index (χ1v) is 6.20. The van der Waals surface area contributed by atoms with Crippen LogP contribution in [0.1, 0.15) is 24.4 Å². The summed E-state index contributed by atoms with van der Waals surface area (Å²) < 4.78 is 5.00. The number of carbonyl (C=O) groups is 1. The molecule has 2 heterocycles. The Hall–Kier alpha value is -2.30. The van der Waals surface area contributed by atoms with E-state index in [9.17, 15) is 4.79 Å². The Morgan fingerprint density at radius 3 is 2.79 bits per heavy atom. The SMILES string of the molecule is CC(C)CNc1ccc(NC(=O)c2ccco2)nc1. The molecule has 0 fully saturated rings. The zero-order valence-corrected chi connectivity index (χ0v) is 11.0. The van der Waals surface area contributed by atoms with Crippen LogP contribution in [0.4, 0.5) is 11.5 Å². The Kier molecular flexibility index (Phi) is 4.18. The highest BCUT2D eigenvalue weighted by atomic mass is 16.3. The third kappa shape index (κ3) is 3.84. The number of amides is 1. The number of aromatic nitrogens is 1. The minimum Gasteiger partial charge on any atom is -0.459 e. The molecular weight excluding hydrogens is 242 g/mol. The predicted molar refractivity (Wildman–Crippen MR) is 74.2 cm³/mol. The van der Waals surface area contributed by atoms with Crippen molar-refractivity contribution in [1.82, 2.24) is 4.98 Å². The van der Waals surface area contributed by atoms with Gasteiger partial charge in [0.25, 0.3) is 5.91 Å². The van der Waals surface area contributed by atoms with Crippen molar-refractivity contribution < 1.29 is 9.21 Å². The van der Waals surface area contributed by atoms with E-state index in [4.69, 9.17) is 4.42 Å². The van der Waals surface area contributed by atoms with Gasteiger partial charge < -0.3 is 15.1 Å². The van der Waals surface area contributed by atoms with Gasteiger partial charge >= 0.3 is 0 Å². The van der Waals surface area contributed by atoms with Gasteiger partial charge in [-0.15, -0.1) is 0 Å². The van der Waals surface area contributed by atoms with Crippen LogP contribution >= 0.6 is 0 Å². The molecule has 5 heteroatoms. The zero-order valence-electron chi connectivity index (χ0n) is 11.0. The number of hydrogen-bond acceptors (Lipinski definition) is 4. The zero-order chi connectivity index (χ0) is 13.7. The molecule has 0 aliphatic heterocycles. The predicted octanol–water partition coefficient (Wildman–Crippen LogP) is 2.99. The van der Waals surface area contributed by atoms with E-state index >= 15 is 0 Å². The number of pyridine rings is 1. The molecule has 0 saturated carbocycles. The van der Waals surface area contributed by atoms with Gasteiger partial charge in [0.15, 0.2) is 5.76 Å². The van der Waals surface area contributed by atoms with Crippen molar-refractivity contribution in [2.24, 2.45) is 5.92 Å². The average Bonchev–Trinajstić information content (AvgIpc) is 2.92. The Bertz CT molecular complexity index is 518. The van der Waals surface area contributed by atoms with Gasteiger partial charge in [-0.3, -0.25) is 4.79 Å². The van der Waals surface area contributed by atoms with Crippen LogP contribution in [0.25, 0.3) is 0 Å². The summed E-state index contributed by atoms with van der Waals surface area (Å²) in [4.78, 5) is 15.9. The van der Waals surface area contributed by atoms with Crippen molar-refractivity contribution in [3.05, 3.63) is 42.5 Å². The lowest BCUT2D eigenvalue weighted by Crippen LogP contribution is -2.12. The van der Waals surface area contributed by atoms with E-state index in [1.807, 2.05) is 6.07 Å². The first kappa shape index (κ1) is 13.1. The second-order valence-corrected chi connectivity index (χ2v) is 4.64. The van der Waals surface area contributed by atoms with E-state index in [1.165, 1.54) is 6.26 Å². The van der Waals surface area contributed by atoms with E-state index in [0.717, 1.165) is 12.2 Å². The van der Waals surface area contributed by atoms with Crippen molar-refractivity contribution in [3.8, 4) is 0 Å². The molecule has 100 valence electrons. The normalized spacial score (nSPS) is 10.5. The van der Waals surface area contributed by atoms with Gasteiger partial charge in [0.2, 0.25) is 0 Å². The summed E-state index contributed by atoms with van der Waals surface area (Å²) >= 11 is 0. The van der Waals surface area contributed by atoms with Gasteiger partial charge in [-0.25, -0.2) is 4.98 Å². The summed E-state index contributed by atoms with van der Waals surface area (Å²) in [5, 5.41) is 5.92. The third-order valence-electron chi connectivity index (χ3n) is 2.46. The Morgan fingerprint density at radius 1 is 1.37 bits per heavy atom. The number of nitrogens with zero attached hydrogens (tertiary/aromatic N) is 1. The van der Waals surface area contributed by atoms with Crippen LogP contribution in [0.15, 0.2) is 41.1 Å². The highest BCUT2D eigenvalue weighted by Crippen LogP contribution is 2.11. The monoisotopic (exact) mass is 259 g/mol. The number of furan rings is 1. The topological polar surface area (TPSA) is 67.2 Å². The van der Waals surface area contributed by atoms with Crippen LogP contribution in [0.5, 0.6) is 0 Å². The molecular formula is C14H17N3O2. The van der Waals surface area contributed by atoms with Gasteiger partial charge in [-0.05, 0) is 30.2 Å². The fourth-order valence-corrected chi connectivity index (χ4v) is 1.48. The van der Waals surface area contributed by atoms with Gasteiger partial charge in [-0.1, -0.05) is 13.8 Å². The molecule has 2 rings (SSSR count). The van der Waals surface area contributed by atoms with Crippen molar-refractivity contribution in [2.75, 3.05) is 17.2 Å². The Labute approximate surface area is 112 Å². The Balaban J connectivity index is 1.93. The summed E-state index contributed by atoms with van der Waals surface area (Å²) in [5.74, 6) is 1.03. The molecule has 0 aliphatic carbocycles. The molecule has 19 heavy (non-hydrogen) atoms.